The van der Waals surface area contributed by atoms with Gasteiger partial charge in [-0.05, 0) is 29.1 Å². The van der Waals surface area contributed by atoms with Crippen molar-refractivity contribution in [2.45, 2.75) is 19.8 Å². The maximum Gasteiger partial charge on any atom is 0.263 e. The van der Waals surface area contributed by atoms with E-state index in [2.05, 4.69) is 19.9 Å². The van der Waals surface area contributed by atoms with Crippen molar-refractivity contribution in [3.05, 3.63) is 33.7 Å². The first-order valence-corrected chi connectivity index (χ1v) is 6.49. The van der Waals surface area contributed by atoms with Crippen LogP contribution >= 0.6 is 34.5 Å². The van der Waals surface area contributed by atoms with Crippen LogP contribution in [0.2, 0.25) is 5.02 Å². The zero-order chi connectivity index (χ0) is 11.9. The van der Waals surface area contributed by atoms with E-state index >= 15 is 0 Å². The summed E-state index contributed by atoms with van der Waals surface area (Å²) in [5, 5.41) is 0.882. The van der Waals surface area contributed by atoms with Gasteiger partial charge in [0.2, 0.25) is 0 Å². The van der Waals surface area contributed by atoms with Crippen LogP contribution in [-0.2, 0) is 0 Å². The highest BCUT2D eigenvalue weighted by atomic mass is 35.5. The lowest BCUT2D eigenvalue weighted by Crippen LogP contribution is -1.84. The van der Waals surface area contributed by atoms with E-state index < -0.39 is 5.24 Å². The Morgan fingerprint density at radius 1 is 1.38 bits per heavy atom. The molecule has 1 aromatic heterocycles. The van der Waals surface area contributed by atoms with E-state index in [4.69, 9.17) is 23.2 Å². The van der Waals surface area contributed by atoms with Gasteiger partial charge < -0.3 is 0 Å². The number of fused-ring (bicyclic) bond motifs is 1. The SMILES string of the molecule is CC(C)c1ccc2c(Cl)c(C(=O)Cl)sc2c1. The first-order chi connectivity index (χ1) is 7.50. The second-order valence-electron chi connectivity index (χ2n) is 3.93. The molecule has 2 rings (SSSR count). The minimum absolute atomic E-state index is 0.430. The molecular formula is C12H10Cl2OS. The van der Waals surface area contributed by atoms with Gasteiger partial charge in [-0.15, -0.1) is 11.3 Å². The molecule has 1 heterocycles. The number of hydrogen-bond donors (Lipinski definition) is 0. The molecular weight excluding hydrogens is 263 g/mol. The molecule has 0 N–H and O–H groups in total. The van der Waals surface area contributed by atoms with E-state index in [9.17, 15) is 4.79 Å². The van der Waals surface area contributed by atoms with Crippen molar-refractivity contribution in [1.29, 1.82) is 0 Å². The minimum atomic E-state index is -0.489. The molecule has 0 aliphatic carbocycles. The molecule has 0 unspecified atom stereocenters. The molecule has 1 aromatic carbocycles. The van der Waals surface area contributed by atoms with Crippen molar-refractivity contribution in [1.82, 2.24) is 0 Å². The van der Waals surface area contributed by atoms with E-state index in [0.29, 0.717) is 15.8 Å². The van der Waals surface area contributed by atoms with Crippen molar-refractivity contribution in [2.75, 3.05) is 0 Å². The van der Waals surface area contributed by atoms with E-state index in [1.807, 2.05) is 12.1 Å². The van der Waals surface area contributed by atoms with Gasteiger partial charge in [0, 0.05) is 10.1 Å². The normalized spacial score (nSPS) is 11.3. The Morgan fingerprint density at radius 3 is 2.62 bits per heavy atom. The number of carbonyl (C=O) groups excluding carboxylic acids is 1. The van der Waals surface area contributed by atoms with Crippen LogP contribution in [0, 0.1) is 0 Å². The van der Waals surface area contributed by atoms with Crippen molar-refractivity contribution in [3.8, 4) is 0 Å². The van der Waals surface area contributed by atoms with E-state index in [1.54, 1.807) is 0 Å². The number of carbonyl (C=O) groups is 1. The van der Waals surface area contributed by atoms with Crippen LogP contribution in [0.1, 0.15) is 35.0 Å². The molecule has 16 heavy (non-hydrogen) atoms. The zero-order valence-corrected chi connectivity index (χ0v) is 11.2. The highest BCUT2D eigenvalue weighted by Gasteiger charge is 2.15. The molecule has 0 atom stereocenters. The van der Waals surface area contributed by atoms with Gasteiger partial charge in [-0.25, -0.2) is 0 Å². The van der Waals surface area contributed by atoms with Gasteiger partial charge in [0.15, 0.2) is 0 Å². The molecule has 4 heteroatoms. The fourth-order valence-corrected chi connectivity index (χ4v) is 3.22. The van der Waals surface area contributed by atoms with Crippen LogP contribution in [0.5, 0.6) is 0 Å². The van der Waals surface area contributed by atoms with Gasteiger partial charge >= 0.3 is 0 Å². The van der Waals surface area contributed by atoms with Gasteiger partial charge in [0.1, 0.15) is 4.88 Å². The Balaban J connectivity index is 2.67. The maximum absolute atomic E-state index is 11.1. The van der Waals surface area contributed by atoms with Crippen LogP contribution in [0.15, 0.2) is 18.2 Å². The standard InChI is InChI=1S/C12H10Cl2OS/c1-6(2)7-3-4-8-9(5-7)16-11(10(8)13)12(14)15/h3-6H,1-2H3. The lowest BCUT2D eigenvalue weighted by molar-refractivity contribution is 0.108. The second kappa shape index (κ2) is 4.36. The quantitative estimate of drug-likeness (QED) is 0.699. The van der Waals surface area contributed by atoms with Gasteiger partial charge in [-0.1, -0.05) is 37.6 Å². The molecule has 0 aliphatic heterocycles. The van der Waals surface area contributed by atoms with Gasteiger partial charge in [0.05, 0.1) is 5.02 Å². The molecule has 84 valence electrons. The molecule has 0 aliphatic rings. The summed E-state index contributed by atoms with van der Waals surface area (Å²) in [7, 11) is 0. The average Bonchev–Trinajstić information content (AvgIpc) is 2.55. The Labute approximate surface area is 108 Å². The largest absolute Gasteiger partial charge is 0.275 e. The molecule has 0 amide bonds. The van der Waals surface area contributed by atoms with E-state index in [0.717, 1.165) is 10.1 Å². The summed E-state index contributed by atoms with van der Waals surface area (Å²) in [5.41, 5.74) is 1.24. The van der Waals surface area contributed by atoms with Crippen molar-refractivity contribution in [2.24, 2.45) is 0 Å². The van der Waals surface area contributed by atoms with Crippen LogP contribution in [0.25, 0.3) is 10.1 Å². The Morgan fingerprint density at radius 2 is 2.06 bits per heavy atom. The zero-order valence-electron chi connectivity index (χ0n) is 8.88. The van der Waals surface area contributed by atoms with E-state index in [1.165, 1.54) is 16.9 Å². The predicted molar refractivity (Wildman–Crippen MR) is 71.1 cm³/mol. The van der Waals surface area contributed by atoms with Crippen molar-refractivity contribution >= 4 is 49.9 Å². The first kappa shape index (κ1) is 11.9. The highest BCUT2D eigenvalue weighted by molar-refractivity contribution is 7.23. The maximum atomic E-state index is 11.1. The lowest BCUT2D eigenvalue weighted by atomic mass is 10.0. The van der Waals surface area contributed by atoms with Crippen molar-refractivity contribution in [3.63, 3.8) is 0 Å². The summed E-state index contributed by atoms with van der Waals surface area (Å²) >= 11 is 12.9. The first-order valence-electron chi connectivity index (χ1n) is 4.92. The third-order valence-electron chi connectivity index (χ3n) is 2.50. The predicted octanol–water partition coefficient (Wildman–Crippen LogP) is 5.06. The Hall–Kier alpha value is -0.570. The molecule has 0 radical (unpaired) electrons. The Bertz CT molecular complexity index is 557. The second-order valence-corrected chi connectivity index (χ2v) is 5.70. The summed E-state index contributed by atoms with van der Waals surface area (Å²) in [4.78, 5) is 11.6. The molecule has 0 saturated carbocycles. The molecule has 0 fully saturated rings. The fraction of sp³-hybridized carbons (Fsp3) is 0.250. The summed E-state index contributed by atoms with van der Waals surface area (Å²) in [6.45, 7) is 4.26. The number of hydrogen-bond acceptors (Lipinski definition) is 2. The number of benzene rings is 1. The van der Waals surface area contributed by atoms with Crippen LogP contribution < -0.4 is 0 Å². The molecule has 0 saturated heterocycles. The Kier molecular flexibility index (Phi) is 3.24. The minimum Gasteiger partial charge on any atom is -0.275 e. The van der Waals surface area contributed by atoms with Gasteiger partial charge in [-0.3, -0.25) is 4.79 Å². The molecule has 0 bridgehead atoms. The monoisotopic (exact) mass is 272 g/mol. The average molecular weight is 273 g/mol. The van der Waals surface area contributed by atoms with Gasteiger partial charge in [-0.2, -0.15) is 0 Å². The summed E-state index contributed by atoms with van der Waals surface area (Å²) in [5.74, 6) is 0.459. The smallest absolute Gasteiger partial charge is 0.263 e. The third kappa shape index (κ3) is 1.97. The summed E-state index contributed by atoms with van der Waals surface area (Å²) in [6, 6.07) is 6.06. The summed E-state index contributed by atoms with van der Waals surface area (Å²) < 4.78 is 1.01. The fourth-order valence-electron chi connectivity index (χ4n) is 1.57. The van der Waals surface area contributed by atoms with Crippen LogP contribution in [-0.4, -0.2) is 5.24 Å². The molecule has 0 spiro atoms. The number of rotatable bonds is 2. The van der Waals surface area contributed by atoms with Crippen LogP contribution in [0.3, 0.4) is 0 Å². The lowest BCUT2D eigenvalue weighted by Gasteiger charge is -2.04. The van der Waals surface area contributed by atoms with E-state index in [-0.39, 0.29) is 0 Å². The van der Waals surface area contributed by atoms with Crippen molar-refractivity contribution < 1.29 is 4.79 Å². The van der Waals surface area contributed by atoms with Crippen LogP contribution in [0.4, 0.5) is 0 Å². The number of thiophene rings is 1. The summed E-state index contributed by atoms with van der Waals surface area (Å²) in [6.07, 6.45) is 0. The highest BCUT2D eigenvalue weighted by Crippen LogP contribution is 2.37. The topological polar surface area (TPSA) is 17.1 Å². The third-order valence-corrected chi connectivity index (χ3v) is 4.46. The van der Waals surface area contributed by atoms with Gasteiger partial charge in [0.25, 0.3) is 5.24 Å². The number of halogens is 2. The molecule has 2 aromatic rings. The molecule has 1 nitrogen and oxygen atoms in total.